The Hall–Kier alpha value is -2.75. The van der Waals surface area contributed by atoms with Gasteiger partial charge in [-0.25, -0.2) is 13.4 Å². The number of benzene rings is 2. The number of thiazole rings is 1. The Morgan fingerprint density at radius 1 is 1.00 bits per heavy atom. The Labute approximate surface area is 204 Å². The molecule has 176 valence electrons. The molecule has 0 aliphatic rings. The van der Waals surface area contributed by atoms with Crippen molar-refractivity contribution in [3.8, 4) is 11.3 Å². The normalized spacial score (nSPS) is 13.1. The van der Waals surface area contributed by atoms with Gasteiger partial charge in [-0.2, -0.15) is 13.2 Å². The summed E-state index contributed by atoms with van der Waals surface area (Å²) >= 11 is 7.54. The first kappa shape index (κ1) is 24.4. The molecule has 1 unspecified atom stereocenters. The summed E-state index contributed by atoms with van der Waals surface area (Å²) in [5, 5.41) is 1.00. The van der Waals surface area contributed by atoms with Crippen LogP contribution in [0.4, 0.5) is 13.2 Å². The number of sulfone groups is 1. The average Bonchev–Trinajstić information content (AvgIpc) is 3.29. The van der Waals surface area contributed by atoms with Gasteiger partial charge >= 0.3 is 6.18 Å². The molecule has 0 saturated carbocycles. The average molecular weight is 523 g/mol. The molecule has 2 aromatic carbocycles. The number of aromatic nitrogens is 2. The van der Waals surface area contributed by atoms with E-state index in [2.05, 4.69) is 9.97 Å². The molecule has 0 aliphatic heterocycles. The van der Waals surface area contributed by atoms with Crippen molar-refractivity contribution >= 4 is 32.8 Å². The summed E-state index contributed by atoms with van der Waals surface area (Å²) in [6.45, 7) is 0. The van der Waals surface area contributed by atoms with Crippen molar-refractivity contribution in [2.24, 2.45) is 0 Å². The van der Waals surface area contributed by atoms with Gasteiger partial charge in [0.25, 0.3) is 0 Å². The van der Waals surface area contributed by atoms with Crippen LogP contribution in [0.3, 0.4) is 0 Å². The largest absolute Gasteiger partial charge is 0.417 e. The van der Waals surface area contributed by atoms with Crippen molar-refractivity contribution in [3.05, 3.63) is 99.6 Å². The van der Waals surface area contributed by atoms with E-state index in [0.717, 1.165) is 11.3 Å². The quantitative estimate of drug-likeness (QED) is 0.261. The summed E-state index contributed by atoms with van der Waals surface area (Å²) in [5.74, 6) is 0. The molecule has 0 bridgehead atoms. The van der Waals surface area contributed by atoms with E-state index in [0.29, 0.717) is 17.3 Å². The summed E-state index contributed by atoms with van der Waals surface area (Å²) in [6, 6.07) is 18.0. The highest BCUT2D eigenvalue weighted by Gasteiger charge is 2.35. The van der Waals surface area contributed by atoms with Crippen molar-refractivity contribution in [3.63, 3.8) is 0 Å². The molecule has 4 aromatic rings. The molecule has 0 aliphatic carbocycles. The third kappa shape index (κ3) is 5.32. The van der Waals surface area contributed by atoms with Gasteiger partial charge in [0.2, 0.25) is 0 Å². The highest BCUT2D eigenvalue weighted by atomic mass is 35.5. The molecule has 0 N–H and O–H groups in total. The van der Waals surface area contributed by atoms with Crippen LogP contribution in [-0.2, 0) is 22.4 Å². The number of hydrogen-bond donors (Lipinski definition) is 0. The molecule has 4 nitrogen and oxygen atoms in total. The fraction of sp³-hybridized carbons (Fsp3) is 0.167. The van der Waals surface area contributed by atoms with Gasteiger partial charge in [-0.15, -0.1) is 11.3 Å². The summed E-state index contributed by atoms with van der Waals surface area (Å²) in [7, 11) is -3.99. The van der Waals surface area contributed by atoms with Gasteiger partial charge in [-0.3, -0.25) is 4.98 Å². The first-order chi connectivity index (χ1) is 16.2. The number of nitrogens with zero attached hydrogens (tertiary/aromatic N) is 2. The van der Waals surface area contributed by atoms with Crippen molar-refractivity contribution in [2.75, 3.05) is 0 Å². The van der Waals surface area contributed by atoms with E-state index in [1.54, 1.807) is 18.2 Å². The van der Waals surface area contributed by atoms with Gasteiger partial charge in [0.05, 0.1) is 31.9 Å². The molecule has 10 heteroatoms. The van der Waals surface area contributed by atoms with Crippen molar-refractivity contribution in [1.82, 2.24) is 9.97 Å². The van der Waals surface area contributed by atoms with Crippen LogP contribution in [0.1, 0.15) is 27.9 Å². The molecule has 0 fully saturated rings. The van der Waals surface area contributed by atoms with E-state index < -0.39 is 26.8 Å². The highest BCUT2D eigenvalue weighted by Crippen LogP contribution is 2.38. The first-order valence-corrected chi connectivity index (χ1v) is 13.0. The van der Waals surface area contributed by atoms with E-state index >= 15 is 0 Å². The van der Waals surface area contributed by atoms with Crippen LogP contribution in [0.25, 0.3) is 11.3 Å². The van der Waals surface area contributed by atoms with Crippen LogP contribution in [0.5, 0.6) is 0 Å². The summed E-state index contributed by atoms with van der Waals surface area (Å²) in [5.41, 5.74) is 0.558. The van der Waals surface area contributed by atoms with Crippen LogP contribution in [-0.4, -0.2) is 18.4 Å². The lowest BCUT2D eigenvalue weighted by molar-refractivity contribution is -0.137. The van der Waals surface area contributed by atoms with Gasteiger partial charge in [0.1, 0.15) is 5.25 Å². The minimum absolute atomic E-state index is 0.0434. The Morgan fingerprint density at radius 3 is 2.26 bits per heavy atom. The van der Waals surface area contributed by atoms with Crippen LogP contribution in [0.2, 0.25) is 5.02 Å². The van der Waals surface area contributed by atoms with Crippen molar-refractivity contribution < 1.29 is 21.6 Å². The molecule has 2 heterocycles. The van der Waals surface area contributed by atoms with Gasteiger partial charge in [-0.1, -0.05) is 60.1 Å². The molecular weight excluding hydrogens is 505 g/mol. The maximum atomic E-state index is 13.5. The van der Waals surface area contributed by atoms with Gasteiger partial charge < -0.3 is 0 Å². The predicted octanol–water partition coefficient (Wildman–Crippen LogP) is 7.03. The van der Waals surface area contributed by atoms with Gasteiger partial charge in [-0.05, 0) is 24.6 Å². The fourth-order valence-corrected chi connectivity index (χ4v) is 6.44. The van der Waals surface area contributed by atoms with Crippen LogP contribution in [0, 0.1) is 0 Å². The number of hydrogen-bond acceptors (Lipinski definition) is 5. The standard InChI is InChI=1S/C24H18ClF3N2O2S2/c25-19-13-17(24(26,27)28)14-29-23(19)21(34(31,32)18-9-5-2-6-10-18)11-12-22-30-20(15-33-22)16-7-3-1-4-8-16/h1-10,13-15,21H,11-12H2. The van der Waals surface area contributed by atoms with E-state index in [4.69, 9.17) is 11.6 Å². The molecular formula is C24H18ClF3N2O2S2. The predicted molar refractivity (Wildman–Crippen MR) is 126 cm³/mol. The van der Waals surface area contributed by atoms with E-state index in [1.165, 1.54) is 23.5 Å². The lowest BCUT2D eigenvalue weighted by atomic mass is 10.1. The molecule has 0 radical (unpaired) electrons. The Balaban J connectivity index is 1.67. The number of aryl methyl sites for hydroxylation is 1. The zero-order chi connectivity index (χ0) is 24.3. The molecule has 0 spiro atoms. The number of pyridine rings is 1. The monoisotopic (exact) mass is 522 g/mol. The topological polar surface area (TPSA) is 59.9 Å². The second-order valence-electron chi connectivity index (χ2n) is 7.47. The number of rotatable bonds is 7. The second-order valence-corrected chi connectivity index (χ2v) is 10.9. The SMILES string of the molecule is O=S(=O)(c1ccccc1)C(CCc1nc(-c2ccccc2)cs1)c1ncc(C(F)(F)F)cc1Cl. The smallest absolute Gasteiger partial charge is 0.258 e. The zero-order valence-corrected chi connectivity index (χ0v) is 19.9. The Bertz CT molecular complexity index is 1380. The third-order valence-electron chi connectivity index (χ3n) is 5.19. The maximum Gasteiger partial charge on any atom is 0.417 e. The Kier molecular flexibility index (Phi) is 7.06. The molecule has 0 amide bonds. The highest BCUT2D eigenvalue weighted by molar-refractivity contribution is 7.91. The maximum absolute atomic E-state index is 13.5. The summed E-state index contributed by atoms with van der Waals surface area (Å²) < 4.78 is 66.2. The van der Waals surface area contributed by atoms with Crippen LogP contribution < -0.4 is 0 Å². The molecule has 0 saturated heterocycles. The van der Waals surface area contributed by atoms with Crippen LogP contribution >= 0.6 is 22.9 Å². The molecule has 34 heavy (non-hydrogen) atoms. The molecule has 4 rings (SSSR count). The van der Waals surface area contributed by atoms with E-state index in [-0.39, 0.29) is 28.5 Å². The second kappa shape index (κ2) is 9.85. The van der Waals surface area contributed by atoms with Gasteiger partial charge in [0.15, 0.2) is 9.84 Å². The lowest BCUT2D eigenvalue weighted by Gasteiger charge is -2.19. The van der Waals surface area contributed by atoms with E-state index in [1.807, 2.05) is 35.7 Å². The Morgan fingerprint density at radius 2 is 1.65 bits per heavy atom. The molecule has 1 atom stereocenters. The van der Waals surface area contributed by atoms with E-state index in [9.17, 15) is 21.6 Å². The number of halogens is 4. The minimum Gasteiger partial charge on any atom is -0.258 e. The van der Waals surface area contributed by atoms with Gasteiger partial charge in [0, 0.05) is 23.6 Å². The third-order valence-corrected chi connectivity index (χ3v) is 8.54. The number of alkyl halides is 3. The molecule has 2 aromatic heterocycles. The van der Waals surface area contributed by atoms with Crippen molar-refractivity contribution in [1.29, 1.82) is 0 Å². The fourth-order valence-electron chi connectivity index (χ4n) is 3.48. The summed E-state index contributed by atoms with van der Waals surface area (Å²) in [6.07, 6.45) is -3.69. The lowest BCUT2D eigenvalue weighted by Crippen LogP contribution is -2.17. The van der Waals surface area contributed by atoms with Crippen molar-refractivity contribution in [2.45, 2.75) is 29.2 Å². The minimum atomic E-state index is -4.64. The first-order valence-electron chi connectivity index (χ1n) is 10.2. The summed E-state index contributed by atoms with van der Waals surface area (Å²) in [4.78, 5) is 8.49. The zero-order valence-electron chi connectivity index (χ0n) is 17.5. The van der Waals surface area contributed by atoms with Crippen LogP contribution in [0.15, 0.2) is 83.2 Å².